The molecule has 1 heterocycles. The van der Waals surface area contributed by atoms with Gasteiger partial charge in [-0.15, -0.1) is 0 Å². The molecule has 0 spiro atoms. The molecule has 0 bridgehead atoms. The topological polar surface area (TPSA) is 21.7 Å². The zero-order chi connectivity index (χ0) is 15.9. The summed E-state index contributed by atoms with van der Waals surface area (Å²) in [6, 6.07) is 13.8. The van der Waals surface area contributed by atoms with Crippen molar-refractivity contribution in [2.45, 2.75) is 19.3 Å². The number of hydrogen-bond donors (Lipinski definition) is 0. The van der Waals surface area contributed by atoms with Gasteiger partial charge in [-0.05, 0) is 50.2 Å². The van der Waals surface area contributed by atoms with Crippen molar-refractivity contribution in [3.63, 3.8) is 0 Å². The SMILES string of the molecule is Fc1ccc(Oc2ccccc2)c(OCCN2CCCCC2)c1. The number of halogens is 1. The van der Waals surface area contributed by atoms with Gasteiger partial charge in [-0.25, -0.2) is 4.39 Å². The number of para-hydroxylation sites is 1. The van der Waals surface area contributed by atoms with Gasteiger partial charge in [0.2, 0.25) is 0 Å². The summed E-state index contributed by atoms with van der Waals surface area (Å²) in [4.78, 5) is 2.39. The minimum absolute atomic E-state index is 0.321. The van der Waals surface area contributed by atoms with Crippen molar-refractivity contribution in [3.8, 4) is 17.2 Å². The number of hydrogen-bond acceptors (Lipinski definition) is 3. The van der Waals surface area contributed by atoms with Crippen molar-refractivity contribution in [1.82, 2.24) is 4.90 Å². The van der Waals surface area contributed by atoms with E-state index in [9.17, 15) is 4.39 Å². The van der Waals surface area contributed by atoms with Gasteiger partial charge in [-0.2, -0.15) is 0 Å². The van der Waals surface area contributed by atoms with E-state index in [0.717, 1.165) is 19.6 Å². The molecule has 0 N–H and O–H groups in total. The lowest BCUT2D eigenvalue weighted by Gasteiger charge is -2.26. The van der Waals surface area contributed by atoms with Crippen LogP contribution in [0.5, 0.6) is 17.2 Å². The second-order valence-electron chi connectivity index (χ2n) is 5.76. The van der Waals surface area contributed by atoms with E-state index >= 15 is 0 Å². The summed E-state index contributed by atoms with van der Waals surface area (Å²) in [5.41, 5.74) is 0. The summed E-state index contributed by atoms with van der Waals surface area (Å²) in [6.45, 7) is 3.65. The lowest BCUT2D eigenvalue weighted by atomic mass is 10.1. The number of piperidine rings is 1. The summed E-state index contributed by atoms with van der Waals surface area (Å²) < 4.78 is 25.1. The number of ether oxygens (including phenoxy) is 2. The lowest BCUT2D eigenvalue weighted by molar-refractivity contribution is 0.181. The Morgan fingerprint density at radius 3 is 2.48 bits per heavy atom. The van der Waals surface area contributed by atoms with Crippen LogP contribution in [-0.2, 0) is 0 Å². The minimum atomic E-state index is -0.321. The summed E-state index contributed by atoms with van der Waals surface area (Å²) in [5, 5.41) is 0. The molecule has 3 nitrogen and oxygen atoms in total. The van der Waals surface area contributed by atoms with Crippen molar-refractivity contribution in [1.29, 1.82) is 0 Å². The van der Waals surface area contributed by atoms with E-state index in [0.29, 0.717) is 23.9 Å². The van der Waals surface area contributed by atoms with Crippen LogP contribution in [0.3, 0.4) is 0 Å². The summed E-state index contributed by atoms with van der Waals surface area (Å²) in [7, 11) is 0. The second-order valence-corrected chi connectivity index (χ2v) is 5.76. The largest absolute Gasteiger partial charge is 0.488 e. The van der Waals surface area contributed by atoms with E-state index in [1.165, 1.54) is 31.4 Å². The highest BCUT2D eigenvalue weighted by molar-refractivity contribution is 5.43. The maximum atomic E-state index is 13.5. The van der Waals surface area contributed by atoms with Gasteiger partial charge >= 0.3 is 0 Å². The van der Waals surface area contributed by atoms with E-state index in [-0.39, 0.29) is 5.82 Å². The van der Waals surface area contributed by atoms with E-state index in [2.05, 4.69) is 4.90 Å². The molecule has 0 amide bonds. The fourth-order valence-electron chi connectivity index (χ4n) is 2.76. The van der Waals surface area contributed by atoms with Gasteiger partial charge in [0, 0.05) is 12.6 Å². The maximum absolute atomic E-state index is 13.5. The first-order valence-electron chi connectivity index (χ1n) is 8.19. The molecule has 1 aliphatic rings. The quantitative estimate of drug-likeness (QED) is 0.784. The number of likely N-dealkylation sites (tertiary alicyclic amines) is 1. The highest BCUT2D eigenvalue weighted by Gasteiger charge is 2.12. The van der Waals surface area contributed by atoms with E-state index in [1.54, 1.807) is 6.07 Å². The van der Waals surface area contributed by atoms with Gasteiger partial charge in [0.25, 0.3) is 0 Å². The molecule has 1 saturated heterocycles. The molecule has 0 saturated carbocycles. The molecule has 1 fully saturated rings. The van der Waals surface area contributed by atoms with Crippen molar-refractivity contribution >= 4 is 0 Å². The van der Waals surface area contributed by atoms with Crippen molar-refractivity contribution in [2.75, 3.05) is 26.2 Å². The Kier molecular flexibility index (Phi) is 5.48. The van der Waals surface area contributed by atoms with Crippen LogP contribution in [0, 0.1) is 5.82 Å². The number of benzene rings is 2. The van der Waals surface area contributed by atoms with E-state index < -0.39 is 0 Å². The summed E-state index contributed by atoms with van der Waals surface area (Å²) >= 11 is 0. The van der Waals surface area contributed by atoms with Gasteiger partial charge in [-0.3, -0.25) is 4.90 Å². The first-order valence-corrected chi connectivity index (χ1v) is 8.19. The normalized spacial score (nSPS) is 15.3. The molecule has 0 unspecified atom stereocenters. The molecule has 2 aromatic rings. The minimum Gasteiger partial charge on any atom is -0.488 e. The third-order valence-corrected chi connectivity index (χ3v) is 3.99. The standard InChI is InChI=1S/C19H22FNO2/c20-16-9-10-18(23-17-7-3-1-4-8-17)19(15-16)22-14-13-21-11-5-2-6-12-21/h1,3-4,7-10,15H,2,5-6,11-14H2. The molecule has 0 atom stereocenters. The van der Waals surface area contributed by atoms with Crippen LogP contribution >= 0.6 is 0 Å². The second kappa shape index (κ2) is 7.97. The number of rotatable bonds is 6. The van der Waals surface area contributed by atoms with Gasteiger partial charge in [0.05, 0.1) is 0 Å². The van der Waals surface area contributed by atoms with Crippen molar-refractivity contribution in [2.24, 2.45) is 0 Å². The maximum Gasteiger partial charge on any atom is 0.169 e. The molecular formula is C19H22FNO2. The third-order valence-electron chi connectivity index (χ3n) is 3.99. The van der Waals surface area contributed by atoms with Crippen LogP contribution in [0.25, 0.3) is 0 Å². The average Bonchev–Trinajstić information content (AvgIpc) is 2.59. The molecule has 122 valence electrons. The highest BCUT2D eigenvalue weighted by Crippen LogP contribution is 2.32. The molecule has 3 rings (SSSR count). The monoisotopic (exact) mass is 315 g/mol. The first-order chi connectivity index (χ1) is 11.3. The number of nitrogens with zero attached hydrogens (tertiary/aromatic N) is 1. The summed E-state index contributed by atoms with van der Waals surface area (Å²) in [5.74, 6) is 1.38. The van der Waals surface area contributed by atoms with Crippen LogP contribution in [0.4, 0.5) is 4.39 Å². The van der Waals surface area contributed by atoms with Crippen LogP contribution in [0.2, 0.25) is 0 Å². The van der Waals surface area contributed by atoms with Gasteiger partial charge in [-0.1, -0.05) is 24.6 Å². The Balaban J connectivity index is 1.61. The fourth-order valence-corrected chi connectivity index (χ4v) is 2.76. The predicted octanol–water partition coefficient (Wildman–Crippen LogP) is 4.48. The molecule has 23 heavy (non-hydrogen) atoms. The summed E-state index contributed by atoms with van der Waals surface area (Å²) in [6.07, 6.45) is 3.82. The fraction of sp³-hybridized carbons (Fsp3) is 0.368. The van der Waals surface area contributed by atoms with E-state index in [4.69, 9.17) is 9.47 Å². The Bertz CT molecular complexity index is 612. The predicted molar refractivity (Wildman–Crippen MR) is 88.7 cm³/mol. The average molecular weight is 315 g/mol. The molecule has 2 aromatic carbocycles. The zero-order valence-corrected chi connectivity index (χ0v) is 13.2. The van der Waals surface area contributed by atoms with Crippen molar-refractivity contribution in [3.05, 3.63) is 54.3 Å². The molecule has 0 aromatic heterocycles. The van der Waals surface area contributed by atoms with Gasteiger partial charge in [0.1, 0.15) is 18.2 Å². The van der Waals surface area contributed by atoms with Crippen LogP contribution in [0.15, 0.2) is 48.5 Å². The van der Waals surface area contributed by atoms with Crippen molar-refractivity contribution < 1.29 is 13.9 Å². The van der Waals surface area contributed by atoms with Crippen LogP contribution in [0.1, 0.15) is 19.3 Å². The van der Waals surface area contributed by atoms with Gasteiger partial charge < -0.3 is 9.47 Å². The smallest absolute Gasteiger partial charge is 0.169 e. The molecule has 0 radical (unpaired) electrons. The van der Waals surface area contributed by atoms with Crippen LogP contribution in [-0.4, -0.2) is 31.1 Å². The zero-order valence-electron chi connectivity index (χ0n) is 13.2. The molecule has 1 aliphatic heterocycles. The Labute approximate surface area is 136 Å². The first kappa shape index (κ1) is 15.8. The van der Waals surface area contributed by atoms with E-state index in [1.807, 2.05) is 30.3 Å². The molecule has 0 aliphatic carbocycles. The Morgan fingerprint density at radius 1 is 0.913 bits per heavy atom. The lowest BCUT2D eigenvalue weighted by Crippen LogP contribution is -2.33. The molecule has 4 heteroatoms. The Hall–Kier alpha value is -2.07. The van der Waals surface area contributed by atoms with Crippen LogP contribution < -0.4 is 9.47 Å². The highest BCUT2D eigenvalue weighted by atomic mass is 19.1. The Morgan fingerprint density at radius 2 is 1.70 bits per heavy atom. The molecular weight excluding hydrogens is 293 g/mol. The van der Waals surface area contributed by atoms with Gasteiger partial charge in [0.15, 0.2) is 11.5 Å². The third kappa shape index (κ3) is 4.70.